The number of oxazole rings is 1. The van der Waals surface area contributed by atoms with Gasteiger partial charge in [0.15, 0.2) is 0 Å². The van der Waals surface area contributed by atoms with E-state index >= 15 is 0 Å². The van der Waals surface area contributed by atoms with E-state index < -0.39 is 0 Å². The van der Waals surface area contributed by atoms with Crippen molar-refractivity contribution in [2.24, 2.45) is 0 Å². The van der Waals surface area contributed by atoms with Gasteiger partial charge in [-0.2, -0.15) is 0 Å². The molecule has 146 valence electrons. The van der Waals surface area contributed by atoms with Gasteiger partial charge in [-0.3, -0.25) is 4.79 Å². The maximum Gasteiger partial charge on any atom is 0.251 e. The van der Waals surface area contributed by atoms with E-state index in [1.807, 2.05) is 43.3 Å². The van der Waals surface area contributed by atoms with Gasteiger partial charge in [-0.15, -0.1) is 11.8 Å². The number of aryl methyl sites for hydroxylation is 1. The molecule has 0 bridgehead atoms. The van der Waals surface area contributed by atoms with Crippen molar-refractivity contribution in [2.45, 2.75) is 24.1 Å². The fraction of sp³-hybridized carbons (Fsp3) is 0.130. The lowest BCUT2D eigenvalue weighted by atomic mass is 10.1. The molecule has 4 rings (SSSR count). The molecule has 2 aromatic carbocycles. The van der Waals surface area contributed by atoms with Gasteiger partial charge in [0.05, 0.1) is 18.5 Å². The van der Waals surface area contributed by atoms with Crippen LogP contribution in [-0.4, -0.2) is 10.9 Å². The number of carbonyl (C=O) groups excluding carboxylic acids is 1. The molecule has 0 spiro atoms. The van der Waals surface area contributed by atoms with Gasteiger partial charge in [-0.1, -0.05) is 18.2 Å². The molecule has 1 amide bonds. The Morgan fingerprint density at radius 1 is 1.03 bits per heavy atom. The summed E-state index contributed by atoms with van der Waals surface area (Å²) in [6, 6.07) is 21.1. The Hall–Kier alpha value is -3.25. The number of aromatic nitrogens is 1. The maximum absolute atomic E-state index is 12.3. The monoisotopic (exact) mass is 404 g/mol. The van der Waals surface area contributed by atoms with Crippen molar-refractivity contribution in [3.8, 4) is 11.5 Å². The first kappa shape index (κ1) is 19.1. The highest BCUT2D eigenvalue weighted by molar-refractivity contribution is 7.98. The lowest BCUT2D eigenvalue weighted by Crippen LogP contribution is -2.22. The zero-order valence-electron chi connectivity index (χ0n) is 15.9. The minimum atomic E-state index is -0.156. The smallest absolute Gasteiger partial charge is 0.251 e. The number of amides is 1. The van der Waals surface area contributed by atoms with E-state index in [1.54, 1.807) is 36.2 Å². The molecular weight excluding hydrogens is 384 g/mol. The summed E-state index contributed by atoms with van der Waals surface area (Å²) < 4.78 is 11.1. The van der Waals surface area contributed by atoms with Gasteiger partial charge in [-0.25, -0.2) is 4.98 Å². The van der Waals surface area contributed by atoms with E-state index in [-0.39, 0.29) is 5.91 Å². The van der Waals surface area contributed by atoms with Crippen molar-refractivity contribution < 1.29 is 13.6 Å². The molecule has 0 aliphatic heterocycles. The summed E-state index contributed by atoms with van der Waals surface area (Å²) in [5.74, 6) is 2.67. The first-order valence-electron chi connectivity index (χ1n) is 9.24. The summed E-state index contributed by atoms with van der Waals surface area (Å²) in [6.45, 7) is 2.28. The minimum absolute atomic E-state index is 0.156. The van der Waals surface area contributed by atoms with Crippen LogP contribution in [0.4, 0.5) is 0 Å². The molecule has 0 atom stereocenters. The number of rotatable bonds is 7. The van der Waals surface area contributed by atoms with Crippen LogP contribution in [0.5, 0.6) is 0 Å². The highest BCUT2D eigenvalue weighted by Crippen LogP contribution is 2.27. The van der Waals surface area contributed by atoms with Gasteiger partial charge in [-0.05, 0) is 55.5 Å². The van der Waals surface area contributed by atoms with E-state index in [0.29, 0.717) is 23.8 Å². The Balaban J connectivity index is 1.40. The second kappa shape index (κ2) is 8.84. The molecule has 0 unspecified atom stereocenters. The Kier molecular flexibility index (Phi) is 5.81. The van der Waals surface area contributed by atoms with E-state index in [1.165, 1.54) is 4.90 Å². The summed E-state index contributed by atoms with van der Waals surface area (Å²) in [7, 11) is 0. The summed E-state index contributed by atoms with van der Waals surface area (Å²) in [4.78, 5) is 18.1. The molecule has 5 nitrogen and oxygen atoms in total. The second-order valence-corrected chi connectivity index (χ2v) is 7.51. The number of furan rings is 1. The van der Waals surface area contributed by atoms with Crippen LogP contribution >= 0.6 is 11.8 Å². The van der Waals surface area contributed by atoms with Gasteiger partial charge in [0.2, 0.25) is 5.89 Å². The van der Waals surface area contributed by atoms with Gasteiger partial charge in [0.25, 0.3) is 5.91 Å². The molecule has 0 saturated carbocycles. The van der Waals surface area contributed by atoms with Crippen LogP contribution in [0.3, 0.4) is 0 Å². The second-order valence-electron chi connectivity index (χ2n) is 6.46. The van der Waals surface area contributed by atoms with Gasteiger partial charge in [0, 0.05) is 21.8 Å². The fourth-order valence-corrected chi connectivity index (χ4v) is 3.72. The molecule has 29 heavy (non-hydrogen) atoms. The van der Waals surface area contributed by atoms with Crippen molar-refractivity contribution in [3.63, 3.8) is 0 Å². The summed E-state index contributed by atoms with van der Waals surface area (Å²) in [5.41, 5.74) is 2.34. The van der Waals surface area contributed by atoms with Crippen molar-refractivity contribution >= 4 is 17.7 Å². The van der Waals surface area contributed by atoms with Gasteiger partial charge in [0.1, 0.15) is 11.5 Å². The van der Waals surface area contributed by atoms with Crippen LogP contribution in [-0.2, 0) is 12.3 Å². The average Bonchev–Trinajstić information content (AvgIpc) is 3.41. The minimum Gasteiger partial charge on any atom is -0.467 e. The zero-order chi connectivity index (χ0) is 20.1. The summed E-state index contributed by atoms with van der Waals surface area (Å²) in [5, 5.41) is 2.83. The molecule has 2 aromatic heterocycles. The highest BCUT2D eigenvalue weighted by atomic mass is 32.2. The number of nitrogens with zero attached hydrogens (tertiary/aromatic N) is 1. The van der Waals surface area contributed by atoms with Crippen LogP contribution in [0.15, 0.2) is 86.7 Å². The highest BCUT2D eigenvalue weighted by Gasteiger charge is 2.13. The molecule has 4 aromatic rings. The number of hydrogen-bond donors (Lipinski definition) is 1. The molecule has 2 heterocycles. The first-order valence-corrected chi connectivity index (χ1v) is 10.2. The molecular formula is C23H20N2O3S. The van der Waals surface area contributed by atoms with Gasteiger partial charge < -0.3 is 14.2 Å². The van der Waals surface area contributed by atoms with E-state index in [2.05, 4.69) is 22.4 Å². The van der Waals surface area contributed by atoms with Crippen molar-refractivity contribution in [1.29, 1.82) is 0 Å². The number of hydrogen-bond acceptors (Lipinski definition) is 5. The predicted molar refractivity (Wildman–Crippen MR) is 113 cm³/mol. The largest absolute Gasteiger partial charge is 0.467 e. The van der Waals surface area contributed by atoms with Crippen molar-refractivity contribution in [2.75, 3.05) is 0 Å². The summed E-state index contributed by atoms with van der Waals surface area (Å²) >= 11 is 1.72. The molecule has 0 saturated heterocycles. The van der Waals surface area contributed by atoms with Crippen molar-refractivity contribution in [1.82, 2.24) is 10.3 Å². The Morgan fingerprint density at radius 2 is 1.83 bits per heavy atom. The number of benzene rings is 2. The Labute approximate surface area is 173 Å². The lowest BCUT2D eigenvalue weighted by Gasteiger charge is -2.04. The van der Waals surface area contributed by atoms with Crippen molar-refractivity contribution in [3.05, 3.63) is 95.8 Å². The van der Waals surface area contributed by atoms with E-state index in [0.717, 1.165) is 22.8 Å². The summed E-state index contributed by atoms with van der Waals surface area (Å²) in [6.07, 6.45) is 1.58. The molecule has 6 heteroatoms. The molecule has 0 aliphatic carbocycles. The third-order valence-electron chi connectivity index (χ3n) is 4.41. The lowest BCUT2D eigenvalue weighted by molar-refractivity contribution is 0.0948. The Bertz CT molecular complexity index is 1070. The standard InChI is InChI=1S/C23H20N2O3S/c1-16-21(15-29-20-7-3-2-4-8-20)25-23(28-16)18-11-9-17(10-12-18)22(26)24-14-19-6-5-13-27-19/h2-13H,14-15H2,1H3,(H,24,26). The van der Waals surface area contributed by atoms with E-state index in [4.69, 9.17) is 8.83 Å². The molecule has 0 radical (unpaired) electrons. The normalized spacial score (nSPS) is 10.8. The SMILES string of the molecule is Cc1oc(-c2ccc(C(=O)NCc3ccco3)cc2)nc1CSc1ccccc1. The predicted octanol–water partition coefficient (Wildman–Crippen LogP) is 5.47. The van der Waals surface area contributed by atoms with Crippen LogP contribution in [0, 0.1) is 6.92 Å². The topological polar surface area (TPSA) is 68.3 Å². The maximum atomic E-state index is 12.3. The van der Waals surface area contributed by atoms with Crippen LogP contribution < -0.4 is 5.32 Å². The quantitative estimate of drug-likeness (QED) is 0.414. The number of nitrogens with one attached hydrogen (secondary N) is 1. The van der Waals surface area contributed by atoms with Crippen LogP contribution in [0.2, 0.25) is 0 Å². The van der Waals surface area contributed by atoms with Crippen LogP contribution in [0.25, 0.3) is 11.5 Å². The third-order valence-corrected chi connectivity index (χ3v) is 5.43. The number of carbonyl (C=O) groups is 1. The zero-order valence-corrected chi connectivity index (χ0v) is 16.7. The first-order chi connectivity index (χ1) is 14.2. The van der Waals surface area contributed by atoms with Gasteiger partial charge >= 0.3 is 0 Å². The van der Waals surface area contributed by atoms with E-state index in [9.17, 15) is 4.79 Å². The number of thioether (sulfide) groups is 1. The molecule has 0 fully saturated rings. The molecule has 1 N–H and O–H groups in total. The third kappa shape index (κ3) is 4.78. The molecule has 0 aliphatic rings. The average molecular weight is 404 g/mol. The fourth-order valence-electron chi connectivity index (χ4n) is 2.80. The van der Waals surface area contributed by atoms with Crippen LogP contribution in [0.1, 0.15) is 27.6 Å². The Morgan fingerprint density at radius 3 is 2.55 bits per heavy atom.